The van der Waals surface area contributed by atoms with Crippen molar-refractivity contribution in [2.45, 2.75) is 5.92 Å². The van der Waals surface area contributed by atoms with Crippen LogP contribution in [-0.2, 0) is 0 Å². The Hall–Kier alpha value is -1.06. The highest BCUT2D eigenvalue weighted by molar-refractivity contribution is 6.33. The van der Waals surface area contributed by atoms with E-state index >= 15 is 0 Å². The summed E-state index contributed by atoms with van der Waals surface area (Å²) in [5.74, 6) is -0.533. The van der Waals surface area contributed by atoms with Gasteiger partial charge < -0.3 is 10.4 Å². The zero-order chi connectivity index (χ0) is 10.1. The number of rotatable bonds is 2. The van der Waals surface area contributed by atoms with Crippen molar-refractivity contribution < 1.29 is 9.90 Å². The van der Waals surface area contributed by atoms with E-state index in [0.717, 1.165) is 18.7 Å². The Morgan fingerprint density at radius 1 is 1.50 bits per heavy atom. The van der Waals surface area contributed by atoms with Crippen LogP contribution in [-0.4, -0.2) is 24.2 Å². The first-order chi connectivity index (χ1) is 6.68. The van der Waals surface area contributed by atoms with Gasteiger partial charge in [-0.15, -0.1) is 0 Å². The monoisotopic (exact) mass is 211 g/mol. The predicted molar refractivity (Wildman–Crippen MR) is 54.0 cm³/mol. The molecule has 1 heterocycles. The highest BCUT2D eigenvalue weighted by atomic mass is 35.5. The van der Waals surface area contributed by atoms with E-state index in [-0.39, 0.29) is 5.56 Å². The molecule has 4 heteroatoms. The Bertz CT molecular complexity index is 374. The normalized spacial score (nSPS) is 16.4. The topological polar surface area (TPSA) is 49.3 Å². The summed E-state index contributed by atoms with van der Waals surface area (Å²) in [5, 5.41) is 12.3. The molecule has 0 unspecified atom stereocenters. The van der Waals surface area contributed by atoms with Crippen LogP contribution in [0.5, 0.6) is 0 Å². The lowest BCUT2D eigenvalue weighted by molar-refractivity contribution is 0.0697. The van der Waals surface area contributed by atoms with Crippen molar-refractivity contribution in [1.82, 2.24) is 5.32 Å². The Labute approximate surface area is 86.7 Å². The summed E-state index contributed by atoms with van der Waals surface area (Å²) < 4.78 is 0. The minimum absolute atomic E-state index is 0.191. The van der Waals surface area contributed by atoms with Crippen molar-refractivity contribution in [3.8, 4) is 0 Å². The van der Waals surface area contributed by atoms with E-state index in [9.17, 15) is 4.79 Å². The van der Waals surface area contributed by atoms with Crippen LogP contribution in [0.2, 0.25) is 5.02 Å². The molecule has 0 aliphatic carbocycles. The number of carboxylic acid groups (broad SMARTS) is 1. The first-order valence-corrected chi connectivity index (χ1v) is 4.79. The van der Waals surface area contributed by atoms with E-state index in [1.807, 2.05) is 6.07 Å². The van der Waals surface area contributed by atoms with Crippen molar-refractivity contribution in [3.63, 3.8) is 0 Å². The van der Waals surface area contributed by atoms with Crippen LogP contribution in [0.15, 0.2) is 18.2 Å². The van der Waals surface area contributed by atoms with Crippen LogP contribution in [0.25, 0.3) is 0 Å². The standard InChI is InChI=1S/C10H10ClNO2/c11-9-2-1-6(7-4-12-5-7)3-8(9)10(13)14/h1-3,7,12H,4-5H2,(H,13,14). The number of halogens is 1. The van der Waals surface area contributed by atoms with Gasteiger partial charge in [-0.1, -0.05) is 17.7 Å². The SMILES string of the molecule is O=C(O)c1cc(C2CNC2)ccc1Cl. The van der Waals surface area contributed by atoms with Gasteiger partial charge in [0.2, 0.25) is 0 Å². The minimum Gasteiger partial charge on any atom is -0.478 e. The zero-order valence-corrected chi connectivity index (χ0v) is 8.21. The summed E-state index contributed by atoms with van der Waals surface area (Å²) >= 11 is 5.76. The van der Waals surface area contributed by atoms with Crippen molar-refractivity contribution >= 4 is 17.6 Å². The maximum atomic E-state index is 10.8. The molecular weight excluding hydrogens is 202 g/mol. The van der Waals surface area contributed by atoms with Crippen LogP contribution in [0.3, 0.4) is 0 Å². The number of carbonyl (C=O) groups is 1. The number of hydrogen-bond donors (Lipinski definition) is 2. The fourth-order valence-corrected chi connectivity index (χ4v) is 1.68. The number of benzene rings is 1. The average molecular weight is 212 g/mol. The smallest absolute Gasteiger partial charge is 0.337 e. The van der Waals surface area contributed by atoms with E-state index in [2.05, 4.69) is 5.32 Å². The predicted octanol–water partition coefficient (Wildman–Crippen LogP) is 1.72. The molecule has 0 aromatic heterocycles. The molecule has 14 heavy (non-hydrogen) atoms. The van der Waals surface area contributed by atoms with Crippen molar-refractivity contribution in [1.29, 1.82) is 0 Å². The molecule has 1 aliphatic rings. The van der Waals surface area contributed by atoms with Gasteiger partial charge in [0.15, 0.2) is 0 Å². The molecule has 74 valence electrons. The summed E-state index contributed by atoms with van der Waals surface area (Å²) in [7, 11) is 0. The largest absolute Gasteiger partial charge is 0.478 e. The van der Waals surface area contributed by atoms with Gasteiger partial charge in [0, 0.05) is 19.0 Å². The molecule has 3 nitrogen and oxygen atoms in total. The highest BCUT2D eigenvalue weighted by Crippen LogP contribution is 2.24. The maximum Gasteiger partial charge on any atom is 0.337 e. The van der Waals surface area contributed by atoms with Gasteiger partial charge in [0.1, 0.15) is 0 Å². The molecule has 2 rings (SSSR count). The molecule has 0 amide bonds. The molecule has 1 aromatic rings. The Morgan fingerprint density at radius 3 is 2.71 bits per heavy atom. The molecule has 0 radical (unpaired) electrons. The second-order valence-corrected chi connectivity index (χ2v) is 3.81. The van der Waals surface area contributed by atoms with E-state index in [4.69, 9.17) is 16.7 Å². The van der Waals surface area contributed by atoms with Gasteiger partial charge >= 0.3 is 5.97 Å². The van der Waals surface area contributed by atoms with Crippen molar-refractivity contribution in [3.05, 3.63) is 34.3 Å². The number of carboxylic acids is 1. The highest BCUT2D eigenvalue weighted by Gasteiger charge is 2.20. The van der Waals surface area contributed by atoms with E-state index in [1.165, 1.54) is 0 Å². The molecule has 0 saturated carbocycles. The third-order valence-corrected chi connectivity index (χ3v) is 2.80. The fourth-order valence-electron chi connectivity index (χ4n) is 1.49. The second kappa shape index (κ2) is 3.59. The van der Waals surface area contributed by atoms with Crippen LogP contribution in [0, 0.1) is 0 Å². The minimum atomic E-state index is -0.968. The van der Waals surface area contributed by atoms with E-state index in [0.29, 0.717) is 10.9 Å². The third kappa shape index (κ3) is 1.61. The zero-order valence-electron chi connectivity index (χ0n) is 7.46. The first-order valence-electron chi connectivity index (χ1n) is 4.42. The Kier molecular flexibility index (Phi) is 2.44. The number of nitrogens with one attached hydrogen (secondary N) is 1. The fraction of sp³-hybridized carbons (Fsp3) is 0.300. The molecule has 1 fully saturated rings. The van der Waals surface area contributed by atoms with Gasteiger partial charge in [-0.25, -0.2) is 4.79 Å². The number of hydrogen-bond acceptors (Lipinski definition) is 2. The molecule has 1 aromatic carbocycles. The summed E-state index contributed by atoms with van der Waals surface area (Å²) in [5.41, 5.74) is 1.24. The molecule has 0 spiro atoms. The van der Waals surface area contributed by atoms with Crippen LogP contribution >= 0.6 is 11.6 Å². The second-order valence-electron chi connectivity index (χ2n) is 3.40. The van der Waals surface area contributed by atoms with Gasteiger partial charge in [-0.05, 0) is 17.7 Å². The van der Waals surface area contributed by atoms with Crippen LogP contribution in [0.4, 0.5) is 0 Å². The molecule has 0 atom stereocenters. The first kappa shape index (κ1) is 9.49. The lowest BCUT2D eigenvalue weighted by Gasteiger charge is -2.27. The summed E-state index contributed by atoms with van der Waals surface area (Å²) in [6.45, 7) is 1.83. The van der Waals surface area contributed by atoms with Gasteiger partial charge in [0.25, 0.3) is 0 Å². The van der Waals surface area contributed by atoms with Gasteiger partial charge in [0.05, 0.1) is 10.6 Å². The summed E-state index contributed by atoms with van der Waals surface area (Å²) in [6.07, 6.45) is 0. The van der Waals surface area contributed by atoms with E-state index in [1.54, 1.807) is 12.1 Å². The summed E-state index contributed by atoms with van der Waals surface area (Å²) in [4.78, 5) is 10.8. The molecular formula is C10H10ClNO2. The average Bonchev–Trinajstić information content (AvgIpc) is 2.04. The molecule has 0 bridgehead atoms. The Balaban J connectivity index is 2.34. The molecule has 1 aliphatic heterocycles. The lowest BCUT2D eigenvalue weighted by Crippen LogP contribution is -2.39. The molecule has 2 N–H and O–H groups in total. The third-order valence-electron chi connectivity index (χ3n) is 2.47. The quantitative estimate of drug-likeness (QED) is 0.783. The van der Waals surface area contributed by atoms with E-state index < -0.39 is 5.97 Å². The Morgan fingerprint density at radius 2 is 2.21 bits per heavy atom. The van der Waals surface area contributed by atoms with Crippen molar-refractivity contribution in [2.24, 2.45) is 0 Å². The van der Waals surface area contributed by atoms with Gasteiger partial charge in [-0.2, -0.15) is 0 Å². The van der Waals surface area contributed by atoms with Crippen LogP contribution in [0.1, 0.15) is 21.8 Å². The lowest BCUT2D eigenvalue weighted by atomic mass is 9.92. The maximum absolute atomic E-state index is 10.8. The van der Waals surface area contributed by atoms with Crippen LogP contribution < -0.4 is 5.32 Å². The summed E-state index contributed by atoms with van der Waals surface area (Å²) in [6, 6.07) is 5.20. The van der Waals surface area contributed by atoms with Crippen molar-refractivity contribution in [2.75, 3.05) is 13.1 Å². The molecule has 1 saturated heterocycles. The van der Waals surface area contributed by atoms with Gasteiger partial charge in [-0.3, -0.25) is 0 Å². The number of aromatic carboxylic acids is 1.